The van der Waals surface area contributed by atoms with E-state index >= 15 is 0 Å². The third-order valence-electron chi connectivity index (χ3n) is 3.48. The molecule has 1 aromatic heterocycles. The Morgan fingerprint density at radius 2 is 2.09 bits per heavy atom. The average Bonchev–Trinajstić information content (AvgIpc) is 2.53. The Labute approximate surface area is 136 Å². The molecule has 0 bridgehead atoms. The number of aromatic nitrogens is 1. The monoisotopic (exact) mass is 358 g/mol. The number of phenols is 1. The predicted molar refractivity (Wildman–Crippen MR) is 91.4 cm³/mol. The van der Waals surface area contributed by atoms with E-state index < -0.39 is 0 Å². The minimum Gasteiger partial charge on any atom is -0.504 e. The number of benzene rings is 2. The first-order chi connectivity index (χ1) is 10.7. The highest BCUT2D eigenvalue weighted by Gasteiger charge is 2.08. The molecule has 2 N–H and O–H groups in total. The molecule has 0 saturated heterocycles. The summed E-state index contributed by atoms with van der Waals surface area (Å²) in [6.45, 7) is 0.498. The van der Waals surface area contributed by atoms with Crippen molar-refractivity contribution in [3.63, 3.8) is 0 Å². The summed E-state index contributed by atoms with van der Waals surface area (Å²) in [5, 5.41) is 14.5. The molecule has 0 unspecified atom stereocenters. The van der Waals surface area contributed by atoms with E-state index in [2.05, 4.69) is 26.2 Å². The summed E-state index contributed by atoms with van der Waals surface area (Å²) in [7, 11) is 1.54. The minimum atomic E-state index is 0.165. The van der Waals surface area contributed by atoms with Crippen molar-refractivity contribution in [3.8, 4) is 11.5 Å². The average molecular weight is 359 g/mol. The van der Waals surface area contributed by atoms with E-state index in [1.54, 1.807) is 19.4 Å². The largest absolute Gasteiger partial charge is 0.504 e. The molecule has 0 aliphatic carbocycles. The Hall–Kier alpha value is -2.27. The van der Waals surface area contributed by atoms with Crippen LogP contribution in [0.1, 0.15) is 5.56 Å². The first-order valence-electron chi connectivity index (χ1n) is 6.82. The molecule has 0 fully saturated rings. The number of rotatable bonds is 4. The highest BCUT2D eigenvalue weighted by molar-refractivity contribution is 9.10. The molecule has 2 aromatic carbocycles. The first-order valence-corrected chi connectivity index (χ1v) is 7.61. The van der Waals surface area contributed by atoms with Crippen LogP contribution in [0.3, 0.4) is 0 Å². The van der Waals surface area contributed by atoms with Crippen molar-refractivity contribution in [2.45, 2.75) is 6.54 Å². The second kappa shape index (κ2) is 6.23. The molecule has 0 aliphatic rings. The number of nitrogens with one attached hydrogen (secondary N) is 1. The van der Waals surface area contributed by atoms with Crippen LogP contribution in [0.15, 0.2) is 53.1 Å². The maximum Gasteiger partial charge on any atom is 0.162 e. The van der Waals surface area contributed by atoms with Crippen LogP contribution in [0.5, 0.6) is 11.5 Å². The summed E-state index contributed by atoms with van der Waals surface area (Å²) in [4.78, 5) is 4.36. The van der Waals surface area contributed by atoms with Gasteiger partial charge in [0.25, 0.3) is 0 Å². The molecular formula is C17H15BrN2O2. The molecule has 22 heavy (non-hydrogen) atoms. The third kappa shape index (κ3) is 2.85. The highest BCUT2D eigenvalue weighted by atomic mass is 79.9. The van der Waals surface area contributed by atoms with Crippen molar-refractivity contribution in [1.29, 1.82) is 0 Å². The van der Waals surface area contributed by atoms with Gasteiger partial charge in [-0.3, -0.25) is 4.98 Å². The van der Waals surface area contributed by atoms with E-state index in [1.807, 2.05) is 36.4 Å². The van der Waals surface area contributed by atoms with Crippen molar-refractivity contribution in [2.24, 2.45) is 0 Å². The normalized spacial score (nSPS) is 10.6. The number of fused-ring (bicyclic) bond motifs is 1. The number of phenolic OH excluding ortho intramolecular Hbond substituents is 1. The molecule has 112 valence electrons. The number of para-hydroxylation sites is 1. The Morgan fingerprint density at radius 1 is 1.23 bits per heavy atom. The van der Waals surface area contributed by atoms with E-state index in [0.29, 0.717) is 12.3 Å². The number of ether oxygens (including phenoxy) is 1. The van der Waals surface area contributed by atoms with Gasteiger partial charge in [0.15, 0.2) is 11.5 Å². The van der Waals surface area contributed by atoms with Gasteiger partial charge in [-0.05, 0) is 30.3 Å². The maximum atomic E-state index is 10.1. The summed E-state index contributed by atoms with van der Waals surface area (Å²) < 4.78 is 6.12. The summed E-state index contributed by atoms with van der Waals surface area (Å²) in [5.74, 6) is 0.640. The molecular weight excluding hydrogens is 344 g/mol. The number of pyridine rings is 1. The number of methoxy groups -OCH3 is 1. The second-order valence-corrected chi connectivity index (χ2v) is 5.76. The Kier molecular flexibility index (Phi) is 4.15. The topological polar surface area (TPSA) is 54.4 Å². The Bertz CT molecular complexity index is 821. The number of hydrogen-bond donors (Lipinski definition) is 2. The predicted octanol–water partition coefficient (Wildman–Crippen LogP) is 4.32. The molecule has 5 heteroatoms. The van der Waals surface area contributed by atoms with Crippen LogP contribution >= 0.6 is 15.9 Å². The Morgan fingerprint density at radius 3 is 2.91 bits per heavy atom. The number of anilines is 1. The van der Waals surface area contributed by atoms with E-state index in [4.69, 9.17) is 4.74 Å². The van der Waals surface area contributed by atoms with Gasteiger partial charge in [0, 0.05) is 33.9 Å². The Balaban J connectivity index is 1.88. The molecule has 0 amide bonds. The molecule has 1 heterocycles. The molecule has 0 saturated carbocycles. The van der Waals surface area contributed by atoms with Crippen LogP contribution in [-0.4, -0.2) is 17.2 Å². The van der Waals surface area contributed by atoms with Gasteiger partial charge in [-0.2, -0.15) is 0 Å². The molecule has 0 spiro atoms. The lowest BCUT2D eigenvalue weighted by Crippen LogP contribution is -2.01. The van der Waals surface area contributed by atoms with Gasteiger partial charge in [-0.1, -0.05) is 28.1 Å². The standard InChI is InChI=1S/C17H15BrN2O2/c1-22-16-4-2-3-11(17(16)21)10-20-14-7-8-19-15-9-12(18)5-6-13(14)15/h2-9,21H,10H2,1H3,(H,19,20). The zero-order chi connectivity index (χ0) is 15.5. The summed E-state index contributed by atoms with van der Waals surface area (Å²) in [5.41, 5.74) is 2.66. The van der Waals surface area contributed by atoms with Crippen LogP contribution in [-0.2, 0) is 6.54 Å². The van der Waals surface area contributed by atoms with Crippen LogP contribution in [0.25, 0.3) is 10.9 Å². The zero-order valence-electron chi connectivity index (χ0n) is 12.0. The molecule has 3 aromatic rings. The van der Waals surface area contributed by atoms with E-state index in [-0.39, 0.29) is 5.75 Å². The van der Waals surface area contributed by atoms with Crippen LogP contribution in [0, 0.1) is 0 Å². The lowest BCUT2D eigenvalue weighted by molar-refractivity contribution is 0.371. The zero-order valence-corrected chi connectivity index (χ0v) is 13.6. The van der Waals surface area contributed by atoms with Crippen LogP contribution in [0.2, 0.25) is 0 Å². The lowest BCUT2D eigenvalue weighted by Gasteiger charge is -2.12. The van der Waals surface area contributed by atoms with Gasteiger partial charge in [-0.25, -0.2) is 0 Å². The minimum absolute atomic E-state index is 0.165. The summed E-state index contributed by atoms with van der Waals surface area (Å²) in [6, 6.07) is 13.4. The second-order valence-electron chi connectivity index (χ2n) is 4.84. The molecule has 0 atom stereocenters. The van der Waals surface area contributed by atoms with Gasteiger partial charge in [0.05, 0.1) is 12.6 Å². The number of nitrogens with zero attached hydrogens (tertiary/aromatic N) is 1. The van der Waals surface area contributed by atoms with Crippen molar-refractivity contribution in [2.75, 3.05) is 12.4 Å². The lowest BCUT2D eigenvalue weighted by atomic mass is 10.1. The van der Waals surface area contributed by atoms with Gasteiger partial charge < -0.3 is 15.2 Å². The summed E-state index contributed by atoms with van der Waals surface area (Å²) >= 11 is 3.45. The van der Waals surface area contributed by atoms with Crippen molar-refractivity contribution in [3.05, 3.63) is 58.7 Å². The third-order valence-corrected chi connectivity index (χ3v) is 3.97. The van der Waals surface area contributed by atoms with Gasteiger partial charge in [0.1, 0.15) is 0 Å². The van der Waals surface area contributed by atoms with E-state index in [9.17, 15) is 5.11 Å². The van der Waals surface area contributed by atoms with Crippen molar-refractivity contribution >= 4 is 32.5 Å². The van der Waals surface area contributed by atoms with E-state index in [1.165, 1.54) is 0 Å². The smallest absolute Gasteiger partial charge is 0.162 e. The fourth-order valence-corrected chi connectivity index (χ4v) is 2.69. The molecule has 3 rings (SSSR count). The summed E-state index contributed by atoms with van der Waals surface area (Å²) in [6.07, 6.45) is 1.77. The van der Waals surface area contributed by atoms with Gasteiger partial charge in [-0.15, -0.1) is 0 Å². The fourth-order valence-electron chi connectivity index (χ4n) is 2.34. The van der Waals surface area contributed by atoms with Crippen LogP contribution < -0.4 is 10.1 Å². The highest BCUT2D eigenvalue weighted by Crippen LogP contribution is 2.31. The van der Waals surface area contributed by atoms with Gasteiger partial charge >= 0.3 is 0 Å². The SMILES string of the molecule is COc1cccc(CNc2ccnc3cc(Br)ccc23)c1O. The van der Waals surface area contributed by atoms with Crippen molar-refractivity contribution in [1.82, 2.24) is 4.98 Å². The maximum absolute atomic E-state index is 10.1. The number of hydrogen-bond acceptors (Lipinski definition) is 4. The number of aromatic hydroxyl groups is 1. The first kappa shape index (κ1) is 14.7. The molecule has 0 aliphatic heterocycles. The molecule has 4 nitrogen and oxygen atoms in total. The molecule has 0 radical (unpaired) electrons. The number of halogens is 1. The fraction of sp³-hybridized carbons (Fsp3) is 0.118. The van der Waals surface area contributed by atoms with E-state index in [0.717, 1.165) is 26.6 Å². The van der Waals surface area contributed by atoms with Gasteiger partial charge in [0.2, 0.25) is 0 Å². The quantitative estimate of drug-likeness (QED) is 0.728. The van der Waals surface area contributed by atoms with Crippen LogP contribution in [0.4, 0.5) is 5.69 Å². The van der Waals surface area contributed by atoms with Crippen molar-refractivity contribution < 1.29 is 9.84 Å².